The maximum absolute atomic E-state index is 11.8. The Balaban J connectivity index is 1.50. The minimum atomic E-state index is -0.172. The molecule has 0 bridgehead atoms. The SMILES string of the molecule is COCC(=O)Nc1ccc2nc(N3CCN(c4ncccn4)CC3)cc(C)c2c1. The van der Waals surface area contributed by atoms with E-state index in [2.05, 4.69) is 38.1 Å². The van der Waals surface area contributed by atoms with Crippen molar-refractivity contribution in [3.05, 3.63) is 48.3 Å². The third-order valence-corrected chi connectivity index (χ3v) is 5.00. The second-order valence-electron chi connectivity index (χ2n) is 7.03. The Morgan fingerprint density at radius 1 is 1.10 bits per heavy atom. The largest absolute Gasteiger partial charge is 0.375 e. The Morgan fingerprint density at radius 2 is 1.83 bits per heavy atom. The van der Waals surface area contributed by atoms with E-state index in [9.17, 15) is 4.79 Å². The zero-order valence-electron chi connectivity index (χ0n) is 16.6. The number of piperazine rings is 1. The van der Waals surface area contributed by atoms with Crippen molar-refractivity contribution in [2.24, 2.45) is 0 Å². The first-order chi connectivity index (χ1) is 14.1. The highest BCUT2D eigenvalue weighted by Gasteiger charge is 2.20. The lowest BCUT2D eigenvalue weighted by Crippen LogP contribution is -2.47. The van der Waals surface area contributed by atoms with E-state index in [4.69, 9.17) is 9.72 Å². The van der Waals surface area contributed by atoms with Crippen LogP contribution in [0.2, 0.25) is 0 Å². The van der Waals surface area contributed by atoms with Gasteiger partial charge in [0.2, 0.25) is 11.9 Å². The average molecular weight is 392 g/mol. The van der Waals surface area contributed by atoms with Gasteiger partial charge in [-0.2, -0.15) is 0 Å². The summed E-state index contributed by atoms with van der Waals surface area (Å²) in [5.41, 5.74) is 2.79. The van der Waals surface area contributed by atoms with Crippen molar-refractivity contribution in [2.75, 3.05) is 55.0 Å². The molecule has 8 heteroatoms. The van der Waals surface area contributed by atoms with Crippen LogP contribution >= 0.6 is 0 Å². The number of nitrogens with zero attached hydrogens (tertiary/aromatic N) is 5. The van der Waals surface area contributed by atoms with Crippen LogP contribution in [0.3, 0.4) is 0 Å². The number of methoxy groups -OCH3 is 1. The number of ether oxygens (including phenoxy) is 1. The summed E-state index contributed by atoms with van der Waals surface area (Å²) in [6.07, 6.45) is 3.55. The first kappa shape index (κ1) is 19.1. The molecule has 3 aromatic rings. The normalized spacial score (nSPS) is 14.3. The first-order valence-corrected chi connectivity index (χ1v) is 9.61. The van der Waals surface area contributed by atoms with Gasteiger partial charge < -0.3 is 19.9 Å². The van der Waals surface area contributed by atoms with Crippen LogP contribution in [0.25, 0.3) is 10.9 Å². The van der Waals surface area contributed by atoms with Crippen molar-refractivity contribution < 1.29 is 9.53 Å². The Morgan fingerprint density at radius 3 is 2.55 bits per heavy atom. The number of rotatable bonds is 5. The fourth-order valence-corrected chi connectivity index (χ4v) is 3.53. The van der Waals surface area contributed by atoms with Crippen LogP contribution in [0.4, 0.5) is 17.5 Å². The summed E-state index contributed by atoms with van der Waals surface area (Å²) in [4.78, 5) is 29.8. The minimum Gasteiger partial charge on any atom is -0.375 e. The molecular formula is C21H24N6O2. The van der Waals surface area contributed by atoms with Crippen molar-refractivity contribution >= 4 is 34.3 Å². The molecular weight excluding hydrogens is 368 g/mol. The zero-order chi connectivity index (χ0) is 20.2. The molecule has 4 rings (SSSR count). The predicted molar refractivity (Wildman–Crippen MR) is 113 cm³/mol. The van der Waals surface area contributed by atoms with Gasteiger partial charge in [-0.3, -0.25) is 4.79 Å². The fraction of sp³-hybridized carbons (Fsp3) is 0.333. The molecule has 0 aliphatic carbocycles. The number of aromatic nitrogens is 3. The van der Waals surface area contributed by atoms with E-state index in [1.807, 2.05) is 24.3 Å². The molecule has 0 unspecified atom stereocenters. The summed E-state index contributed by atoms with van der Waals surface area (Å²) in [6, 6.07) is 9.71. The van der Waals surface area contributed by atoms with Crippen molar-refractivity contribution in [3.8, 4) is 0 Å². The van der Waals surface area contributed by atoms with Gasteiger partial charge in [0.25, 0.3) is 0 Å². The molecule has 3 heterocycles. The van der Waals surface area contributed by atoms with Crippen molar-refractivity contribution in [3.63, 3.8) is 0 Å². The average Bonchev–Trinajstić information content (AvgIpc) is 2.75. The van der Waals surface area contributed by atoms with Gasteiger partial charge in [-0.05, 0) is 42.8 Å². The van der Waals surface area contributed by atoms with E-state index in [0.29, 0.717) is 0 Å². The lowest BCUT2D eigenvalue weighted by atomic mass is 10.1. The van der Waals surface area contributed by atoms with Crippen LogP contribution in [0.1, 0.15) is 5.56 Å². The number of carbonyl (C=O) groups is 1. The highest BCUT2D eigenvalue weighted by atomic mass is 16.5. The van der Waals surface area contributed by atoms with Crippen LogP contribution in [0, 0.1) is 6.92 Å². The van der Waals surface area contributed by atoms with Gasteiger partial charge in [-0.25, -0.2) is 15.0 Å². The van der Waals surface area contributed by atoms with E-state index in [1.54, 1.807) is 12.4 Å². The van der Waals surface area contributed by atoms with Crippen LogP contribution < -0.4 is 15.1 Å². The first-order valence-electron chi connectivity index (χ1n) is 9.61. The number of hydrogen-bond acceptors (Lipinski definition) is 7. The highest BCUT2D eigenvalue weighted by molar-refractivity contribution is 5.95. The maximum atomic E-state index is 11.8. The molecule has 150 valence electrons. The predicted octanol–water partition coefficient (Wildman–Crippen LogP) is 2.24. The number of aryl methyl sites for hydroxylation is 1. The van der Waals surface area contributed by atoms with Crippen molar-refractivity contribution in [2.45, 2.75) is 6.92 Å². The van der Waals surface area contributed by atoms with Crippen molar-refractivity contribution in [1.82, 2.24) is 15.0 Å². The van der Waals surface area contributed by atoms with Crippen LogP contribution in [-0.4, -0.2) is 60.8 Å². The molecule has 1 saturated heterocycles. The number of carbonyl (C=O) groups excluding carboxylic acids is 1. The molecule has 1 amide bonds. The van der Waals surface area contributed by atoms with E-state index in [0.717, 1.165) is 60.1 Å². The molecule has 1 aliphatic heterocycles. The Kier molecular flexibility index (Phi) is 5.53. The van der Waals surface area contributed by atoms with Gasteiger partial charge in [-0.1, -0.05) is 0 Å². The molecule has 8 nitrogen and oxygen atoms in total. The Bertz CT molecular complexity index is 1000. The number of amides is 1. The summed E-state index contributed by atoms with van der Waals surface area (Å²) in [5, 5.41) is 3.87. The second-order valence-corrected chi connectivity index (χ2v) is 7.03. The molecule has 0 radical (unpaired) electrons. The molecule has 0 atom stereocenters. The molecule has 1 N–H and O–H groups in total. The lowest BCUT2D eigenvalue weighted by molar-refractivity contribution is -0.119. The molecule has 2 aromatic heterocycles. The Labute approximate surface area is 169 Å². The van der Waals surface area contributed by atoms with Gasteiger partial charge >= 0.3 is 0 Å². The van der Waals surface area contributed by atoms with Gasteiger partial charge in [0.1, 0.15) is 12.4 Å². The number of nitrogens with one attached hydrogen (secondary N) is 1. The molecule has 1 aromatic carbocycles. The highest BCUT2D eigenvalue weighted by Crippen LogP contribution is 2.26. The monoisotopic (exact) mass is 392 g/mol. The van der Waals surface area contributed by atoms with E-state index in [-0.39, 0.29) is 12.5 Å². The quantitative estimate of drug-likeness (QED) is 0.713. The second kappa shape index (κ2) is 8.40. The van der Waals surface area contributed by atoms with Crippen LogP contribution in [-0.2, 0) is 9.53 Å². The summed E-state index contributed by atoms with van der Waals surface area (Å²) in [6.45, 7) is 5.54. The van der Waals surface area contributed by atoms with Gasteiger partial charge in [0.05, 0.1) is 5.52 Å². The molecule has 1 fully saturated rings. The van der Waals surface area contributed by atoms with Gasteiger partial charge in [0, 0.05) is 56.8 Å². The summed E-state index contributed by atoms with van der Waals surface area (Å²) in [5.74, 6) is 1.58. The smallest absolute Gasteiger partial charge is 0.250 e. The summed E-state index contributed by atoms with van der Waals surface area (Å²) < 4.78 is 4.86. The van der Waals surface area contributed by atoms with Crippen LogP contribution in [0.5, 0.6) is 0 Å². The summed E-state index contributed by atoms with van der Waals surface area (Å²) in [7, 11) is 1.50. The fourth-order valence-electron chi connectivity index (χ4n) is 3.53. The van der Waals surface area contributed by atoms with Crippen molar-refractivity contribution in [1.29, 1.82) is 0 Å². The number of pyridine rings is 1. The van der Waals surface area contributed by atoms with Gasteiger partial charge in [0.15, 0.2) is 0 Å². The standard InChI is InChI=1S/C21H24N6O2/c1-15-12-19(26-8-10-27(11-9-26)21-22-6-3-7-23-21)25-18-5-4-16(13-17(15)18)24-20(28)14-29-2/h3-7,12-13H,8-11,14H2,1-2H3,(H,24,28). The molecule has 0 spiro atoms. The number of benzene rings is 1. The van der Waals surface area contributed by atoms with E-state index in [1.165, 1.54) is 7.11 Å². The number of hydrogen-bond donors (Lipinski definition) is 1. The number of fused-ring (bicyclic) bond motifs is 1. The van der Waals surface area contributed by atoms with E-state index < -0.39 is 0 Å². The Hall–Kier alpha value is -3.26. The van der Waals surface area contributed by atoms with Gasteiger partial charge in [-0.15, -0.1) is 0 Å². The third kappa shape index (κ3) is 4.27. The summed E-state index contributed by atoms with van der Waals surface area (Å²) >= 11 is 0. The third-order valence-electron chi connectivity index (χ3n) is 5.00. The topological polar surface area (TPSA) is 83.5 Å². The minimum absolute atomic E-state index is 0.0359. The van der Waals surface area contributed by atoms with Crippen LogP contribution in [0.15, 0.2) is 42.7 Å². The molecule has 29 heavy (non-hydrogen) atoms. The maximum Gasteiger partial charge on any atom is 0.250 e. The number of anilines is 3. The zero-order valence-corrected chi connectivity index (χ0v) is 16.6. The van der Waals surface area contributed by atoms with E-state index >= 15 is 0 Å². The molecule has 1 aliphatic rings. The molecule has 0 saturated carbocycles. The lowest BCUT2D eigenvalue weighted by Gasteiger charge is -2.35.